The summed E-state index contributed by atoms with van der Waals surface area (Å²) in [6.07, 6.45) is 2.06. The number of nitrogens with one attached hydrogen (secondary N) is 1. The van der Waals surface area contributed by atoms with Gasteiger partial charge in [-0.25, -0.2) is 4.68 Å². The maximum absolute atomic E-state index is 13.1. The van der Waals surface area contributed by atoms with Gasteiger partial charge in [-0.3, -0.25) is 14.5 Å². The number of ether oxygens (including phenoxy) is 1. The molecule has 1 N–H and O–H groups in total. The molecule has 0 radical (unpaired) electrons. The number of fused-ring (bicyclic) bond motifs is 1. The van der Waals surface area contributed by atoms with Gasteiger partial charge in [0.05, 0.1) is 18.7 Å². The van der Waals surface area contributed by atoms with E-state index in [1.54, 1.807) is 25.2 Å². The van der Waals surface area contributed by atoms with Gasteiger partial charge in [-0.1, -0.05) is 30.3 Å². The summed E-state index contributed by atoms with van der Waals surface area (Å²) >= 11 is 0. The maximum Gasteiger partial charge on any atom is 0.275 e. The average molecular weight is 406 g/mol. The van der Waals surface area contributed by atoms with E-state index in [1.807, 2.05) is 25.1 Å². The third-order valence-electron chi connectivity index (χ3n) is 5.57. The summed E-state index contributed by atoms with van der Waals surface area (Å²) in [5.74, 6) is 0.554. The third-order valence-corrected chi connectivity index (χ3v) is 5.57. The lowest BCUT2D eigenvalue weighted by molar-refractivity contribution is 0.0955. The number of aromatic nitrogens is 2. The van der Waals surface area contributed by atoms with Gasteiger partial charge >= 0.3 is 0 Å². The zero-order valence-corrected chi connectivity index (χ0v) is 17.3. The fourth-order valence-electron chi connectivity index (χ4n) is 4.11. The molecule has 2 heterocycles. The number of amides is 1. The summed E-state index contributed by atoms with van der Waals surface area (Å²) in [4.78, 5) is 27.7. The van der Waals surface area contributed by atoms with E-state index < -0.39 is 0 Å². The van der Waals surface area contributed by atoms with Gasteiger partial charge in [-0.2, -0.15) is 5.10 Å². The molecule has 2 aromatic carbocycles. The highest BCUT2D eigenvalue weighted by atomic mass is 16.5. The summed E-state index contributed by atoms with van der Waals surface area (Å²) in [6.45, 7) is 3.81. The average Bonchev–Trinajstić information content (AvgIpc) is 3.24. The van der Waals surface area contributed by atoms with E-state index in [0.29, 0.717) is 24.0 Å². The van der Waals surface area contributed by atoms with Crippen LogP contribution < -0.4 is 15.6 Å². The van der Waals surface area contributed by atoms with Crippen LogP contribution in [0, 0.1) is 0 Å². The van der Waals surface area contributed by atoms with Gasteiger partial charge in [-0.05, 0) is 43.5 Å². The lowest BCUT2D eigenvalue weighted by atomic mass is 10.0. The Morgan fingerprint density at radius 2 is 1.90 bits per heavy atom. The molecular weight excluding hydrogens is 380 g/mol. The molecule has 1 unspecified atom stereocenters. The Labute approximate surface area is 175 Å². The molecule has 7 heteroatoms. The second-order valence-corrected chi connectivity index (χ2v) is 7.39. The minimum Gasteiger partial charge on any atom is -0.494 e. The fraction of sp³-hybridized carbons (Fsp3) is 0.348. The molecule has 30 heavy (non-hydrogen) atoms. The molecule has 0 spiro atoms. The normalized spacial score (nSPS) is 16.7. The molecule has 7 nitrogen and oxygen atoms in total. The van der Waals surface area contributed by atoms with E-state index in [0.717, 1.165) is 25.1 Å². The predicted octanol–water partition coefficient (Wildman–Crippen LogP) is 2.95. The molecule has 1 fully saturated rings. The number of benzene rings is 2. The molecule has 156 valence electrons. The molecule has 1 atom stereocenters. The molecule has 1 saturated heterocycles. The van der Waals surface area contributed by atoms with Gasteiger partial charge in [0.25, 0.3) is 11.5 Å². The zero-order valence-electron chi connectivity index (χ0n) is 17.3. The Morgan fingerprint density at radius 3 is 2.60 bits per heavy atom. The van der Waals surface area contributed by atoms with Crippen molar-refractivity contribution in [2.45, 2.75) is 32.5 Å². The van der Waals surface area contributed by atoms with E-state index in [9.17, 15) is 9.59 Å². The highest BCUT2D eigenvalue weighted by Crippen LogP contribution is 2.33. The maximum atomic E-state index is 13.1. The number of nitrogens with zero attached hydrogens (tertiary/aromatic N) is 3. The van der Waals surface area contributed by atoms with Crippen LogP contribution in [0.1, 0.15) is 41.9 Å². The van der Waals surface area contributed by atoms with Crippen LogP contribution in [0.2, 0.25) is 0 Å². The van der Waals surface area contributed by atoms with E-state index in [2.05, 4.69) is 27.4 Å². The summed E-state index contributed by atoms with van der Waals surface area (Å²) in [5.41, 5.74) is 1.27. The first-order valence-electron chi connectivity index (χ1n) is 10.3. The van der Waals surface area contributed by atoms with Crippen LogP contribution in [0.4, 0.5) is 0 Å². The number of hydrogen-bond acceptors (Lipinski definition) is 5. The summed E-state index contributed by atoms with van der Waals surface area (Å²) in [6, 6.07) is 15.5. The van der Waals surface area contributed by atoms with Gasteiger partial charge in [0.2, 0.25) is 0 Å². The Kier molecular flexibility index (Phi) is 5.81. The van der Waals surface area contributed by atoms with Crippen molar-refractivity contribution < 1.29 is 9.53 Å². The third kappa shape index (κ3) is 3.80. The van der Waals surface area contributed by atoms with Gasteiger partial charge in [0, 0.05) is 25.0 Å². The van der Waals surface area contributed by atoms with Gasteiger partial charge < -0.3 is 10.1 Å². The topological polar surface area (TPSA) is 76.5 Å². The lowest BCUT2D eigenvalue weighted by Crippen LogP contribution is -2.35. The van der Waals surface area contributed by atoms with Gasteiger partial charge in [0.15, 0.2) is 5.69 Å². The predicted molar refractivity (Wildman–Crippen MR) is 116 cm³/mol. The van der Waals surface area contributed by atoms with Crippen LogP contribution in [-0.2, 0) is 6.67 Å². The molecule has 4 rings (SSSR count). The number of rotatable bonds is 6. The SMILES string of the molecule is CCOc1ccc(C2CCCN2Cn2nc(C(=O)NC)c3ccccc3c2=O)cc1. The van der Waals surface area contributed by atoms with Crippen LogP contribution in [0.25, 0.3) is 10.8 Å². The minimum atomic E-state index is -0.301. The smallest absolute Gasteiger partial charge is 0.275 e. The molecule has 1 aromatic heterocycles. The zero-order chi connectivity index (χ0) is 21.1. The van der Waals surface area contributed by atoms with Crippen molar-refractivity contribution in [2.75, 3.05) is 20.2 Å². The number of carbonyl (C=O) groups excluding carboxylic acids is 1. The van der Waals surface area contributed by atoms with E-state index in [1.165, 1.54) is 10.2 Å². The molecule has 0 bridgehead atoms. The second kappa shape index (κ2) is 8.67. The van der Waals surface area contributed by atoms with Crippen LogP contribution >= 0.6 is 0 Å². The monoisotopic (exact) mass is 406 g/mol. The number of hydrogen-bond donors (Lipinski definition) is 1. The Hall–Kier alpha value is -3.19. The quantitative estimate of drug-likeness (QED) is 0.681. The van der Waals surface area contributed by atoms with Crippen molar-refractivity contribution in [3.05, 3.63) is 70.1 Å². The Morgan fingerprint density at radius 1 is 1.17 bits per heavy atom. The Balaban J connectivity index is 1.67. The van der Waals surface area contributed by atoms with Crippen LogP contribution in [0.3, 0.4) is 0 Å². The molecule has 0 saturated carbocycles. The van der Waals surface area contributed by atoms with Crippen molar-refractivity contribution in [3.8, 4) is 5.75 Å². The lowest BCUT2D eigenvalue weighted by Gasteiger charge is -2.25. The second-order valence-electron chi connectivity index (χ2n) is 7.39. The standard InChI is InChI=1S/C23H26N4O3/c1-3-30-17-12-10-16(11-13-17)20-9-6-14-26(20)15-27-23(29)19-8-5-4-7-18(19)21(25-27)22(28)24-2/h4-5,7-8,10-13,20H,3,6,9,14-15H2,1-2H3,(H,24,28). The molecule has 0 aliphatic carbocycles. The Bertz CT molecular complexity index is 1110. The van der Waals surface area contributed by atoms with Gasteiger partial charge in [-0.15, -0.1) is 0 Å². The van der Waals surface area contributed by atoms with Crippen molar-refractivity contribution in [1.82, 2.24) is 20.0 Å². The van der Waals surface area contributed by atoms with Crippen molar-refractivity contribution in [2.24, 2.45) is 0 Å². The summed E-state index contributed by atoms with van der Waals surface area (Å²) < 4.78 is 6.96. The summed E-state index contributed by atoms with van der Waals surface area (Å²) in [5, 5.41) is 8.13. The van der Waals surface area contributed by atoms with Crippen molar-refractivity contribution in [1.29, 1.82) is 0 Å². The molecule has 1 aliphatic rings. The first-order valence-corrected chi connectivity index (χ1v) is 10.3. The van der Waals surface area contributed by atoms with Crippen molar-refractivity contribution in [3.63, 3.8) is 0 Å². The van der Waals surface area contributed by atoms with Crippen LogP contribution in [0.5, 0.6) is 5.75 Å². The van der Waals surface area contributed by atoms with E-state index in [-0.39, 0.29) is 23.2 Å². The highest BCUT2D eigenvalue weighted by Gasteiger charge is 2.27. The number of carbonyl (C=O) groups is 1. The van der Waals surface area contributed by atoms with Gasteiger partial charge in [0.1, 0.15) is 5.75 Å². The molecule has 1 amide bonds. The number of likely N-dealkylation sites (tertiary alicyclic amines) is 1. The van der Waals surface area contributed by atoms with Crippen molar-refractivity contribution >= 4 is 16.7 Å². The van der Waals surface area contributed by atoms with Crippen LogP contribution in [0.15, 0.2) is 53.3 Å². The van der Waals surface area contributed by atoms with E-state index in [4.69, 9.17) is 4.74 Å². The van der Waals surface area contributed by atoms with Crippen LogP contribution in [-0.4, -0.2) is 40.8 Å². The minimum absolute atomic E-state index is 0.185. The fourth-order valence-corrected chi connectivity index (χ4v) is 4.11. The molecule has 1 aliphatic heterocycles. The largest absolute Gasteiger partial charge is 0.494 e. The first-order chi connectivity index (χ1) is 14.6. The molecular formula is C23H26N4O3. The highest BCUT2D eigenvalue weighted by molar-refractivity contribution is 6.04. The summed E-state index contributed by atoms with van der Waals surface area (Å²) in [7, 11) is 1.57. The van der Waals surface area contributed by atoms with E-state index >= 15 is 0 Å². The molecule has 3 aromatic rings. The first kappa shape index (κ1) is 20.1.